The number of carbonyl (C=O) groups is 1. The summed E-state index contributed by atoms with van der Waals surface area (Å²) in [6, 6.07) is 3.41. The number of esters is 1. The number of halogens is 1. The van der Waals surface area contributed by atoms with Gasteiger partial charge in [-0.2, -0.15) is 0 Å². The predicted molar refractivity (Wildman–Crippen MR) is 65.8 cm³/mol. The summed E-state index contributed by atoms with van der Waals surface area (Å²) in [5.41, 5.74) is 6.61. The molecule has 3 nitrogen and oxygen atoms in total. The smallest absolute Gasteiger partial charge is 0.341 e. The van der Waals surface area contributed by atoms with E-state index in [0.717, 1.165) is 5.56 Å². The van der Waals surface area contributed by atoms with E-state index < -0.39 is 11.6 Å². The van der Waals surface area contributed by atoms with Crippen LogP contribution in [0, 0.1) is 6.92 Å². The first-order chi connectivity index (χ1) is 7.22. The van der Waals surface area contributed by atoms with E-state index in [1.165, 1.54) is 0 Å². The number of carbonyl (C=O) groups excluding carboxylic acids is 1. The first-order valence-corrected chi connectivity index (χ1v) is 5.38. The van der Waals surface area contributed by atoms with E-state index in [2.05, 4.69) is 0 Å². The number of nitrogen functional groups attached to an aromatic ring is 1. The Labute approximate surface area is 101 Å². The summed E-state index contributed by atoms with van der Waals surface area (Å²) < 4.78 is 5.26. The highest BCUT2D eigenvalue weighted by Gasteiger charge is 2.22. The lowest BCUT2D eigenvalue weighted by Gasteiger charge is -2.21. The zero-order valence-electron chi connectivity index (χ0n) is 9.93. The van der Waals surface area contributed by atoms with Crippen LogP contribution in [0.25, 0.3) is 0 Å². The molecule has 0 aliphatic rings. The molecule has 2 N–H and O–H groups in total. The number of anilines is 1. The number of aryl methyl sites for hydroxylation is 1. The van der Waals surface area contributed by atoms with Crippen LogP contribution in [0.1, 0.15) is 36.7 Å². The lowest BCUT2D eigenvalue weighted by molar-refractivity contribution is 0.00701. The molecule has 0 saturated carbocycles. The lowest BCUT2D eigenvalue weighted by atomic mass is 10.1. The Kier molecular flexibility index (Phi) is 3.48. The predicted octanol–water partition coefficient (Wildman–Crippen LogP) is 3.19. The summed E-state index contributed by atoms with van der Waals surface area (Å²) in [6.07, 6.45) is 0. The van der Waals surface area contributed by atoms with Gasteiger partial charge in [-0.05, 0) is 39.3 Å². The second-order valence-corrected chi connectivity index (χ2v) is 5.06. The van der Waals surface area contributed by atoms with Gasteiger partial charge in [0, 0.05) is 0 Å². The minimum atomic E-state index is -0.543. The van der Waals surface area contributed by atoms with Gasteiger partial charge in [-0.3, -0.25) is 0 Å². The summed E-state index contributed by atoms with van der Waals surface area (Å²) in [5, 5.41) is 0.367. The van der Waals surface area contributed by atoms with Crippen LogP contribution in [0.15, 0.2) is 12.1 Å². The number of hydrogen-bond acceptors (Lipinski definition) is 3. The zero-order valence-corrected chi connectivity index (χ0v) is 10.7. The SMILES string of the molecule is Cc1ccc(Cl)c(N)c1C(=O)OC(C)(C)C. The van der Waals surface area contributed by atoms with Gasteiger partial charge in [-0.25, -0.2) is 4.79 Å². The van der Waals surface area contributed by atoms with Gasteiger partial charge in [0.2, 0.25) is 0 Å². The largest absolute Gasteiger partial charge is 0.456 e. The molecule has 0 spiro atoms. The molecule has 0 aromatic heterocycles. The van der Waals surface area contributed by atoms with E-state index in [9.17, 15) is 4.79 Å². The lowest BCUT2D eigenvalue weighted by Crippen LogP contribution is -2.25. The molecule has 0 bridgehead atoms. The second-order valence-electron chi connectivity index (χ2n) is 4.65. The van der Waals surface area contributed by atoms with E-state index in [4.69, 9.17) is 22.1 Å². The molecule has 0 aliphatic heterocycles. The van der Waals surface area contributed by atoms with Crippen molar-refractivity contribution >= 4 is 23.3 Å². The Bertz CT molecular complexity index is 422. The van der Waals surface area contributed by atoms with Crippen molar-refractivity contribution in [3.05, 3.63) is 28.3 Å². The number of hydrogen-bond donors (Lipinski definition) is 1. The molecule has 0 heterocycles. The van der Waals surface area contributed by atoms with Crippen LogP contribution >= 0.6 is 11.6 Å². The van der Waals surface area contributed by atoms with Crippen LogP contribution in [0.4, 0.5) is 5.69 Å². The maximum absolute atomic E-state index is 11.9. The highest BCUT2D eigenvalue weighted by molar-refractivity contribution is 6.34. The Hall–Kier alpha value is -1.22. The summed E-state index contributed by atoms with van der Waals surface area (Å²) in [5.74, 6) is -0.440. The molecule has 0 radical (unpaired) electrons. The molecule has 0 unspecified atom stereocenters. The summed E-state index contributed by atoms with van der Waals surface area (Å²) >= 11 is 5.87. The van der Waals surface area contributed by atoms with Crippen LogP contribution in [-0.2, 0) is 4.74 Å². The van der Waals surface area contributed by atoms with Crippen molar-refractivity contribution in [2.75, 3.05) is 5.73 Å². The molecule has 4 heteroatoms. The number of nitrogens with two attached hydrogens (primary N) is 1. The molecule has 0 aliphatic carbocycles. The van der Waals surface area contributed by atoms with Crippen LogP contribution in [0.3, 0.4) is 0 Å². The molecule has 0 atom stereocenters. The number of ether oxygens (including phenoxy) is 1. The van der Waals surface area contributed by atoms with Crippen molar-refractivity contribution in [3.8, 4) is 0 Å². The Morgan fingerprint density at radius 2 is 1.94 bits per heavy atom. The topological polar surface area (TPSA) is 52.3 Å². The normalized spacial score (nSPS) is 11.3. The van der Waals surface area contributed by atoms with Crippen molar-refractivity contribution in [2.45, 2.75) is 33.3 Å². The first kappa shape index (κ1) is 12.8. The van der Waals surface area contributed by atoms with Gasteiger partial charge >= 0.3 is 5.97 Å². The third-order valence-electron chi connectivity index (χ3n) is 2.00. The maximum atomic E-state index is 11.9. The molecular formula is C12H16ClNO2. The van der Waals surface area contributed by atoms with E-state index in [0.29, 0.717) is 10.6 Å². The molecule has 16 heavy (non-hydrogen) atoms. The quantitative estimate of drug-likeness (QED) is 0.607. The van der Waals surface area contributed by atoms with Crippen LogP contribution in [0.2, 0.25) is 5.02 Å². The molecule has 1 rings (SSSR count). The third-order valence-corrected chi connectivity index (χ3v) is 2.33. The number of benzene rings is 1. The summed E-state index contributed by atoms with van der Waals surface area (Å²) in [6.45, 7) is 7.22. The Balaban J connectivity index is 3.14. The fraction of sp³-hybridized carbons (Fsp3) is 0.417. The van der Waals surface area contributed by atoms with Crippen molar-refractivity contribution < 1.29 is 9.53 Å². The van der Waals surface area contributed by atoms with E-state index in [1.54, 1.807) is 39.8 Å². The van der Waals surface area contributed by atoms with Crippen LogP contribution in [-0.4, -0.2) is 11.6 Å². The van der Waals surface area contributed by atoms with E-state index in [1.807, 2.05) is 0 Å². The maximum Gasteiger partial charge on any atom is 0.341 e. The fourth-order valence-electron chi connectivity index (χ4n) is 1.30. The second kappa shape index (κ2) is 4.34. The number of rotatable bonds is 1. The van der Waals surface area contributed by atoms with Gasteiger partial charge in [-0.15, -0.1) is 0 Å². The minimum Gasteiger partial charge on any atom is -0.456 e. The van der Waals surface area contributed by atoms with E-state index >= 15 is 0 Å². The van der Waals surface area contributed by atoms with E-state index in [-0.39, 0.29) is 5.69 Å². The fourth-order valence-corrected chi connectivity index (χ4v) is 1.46. The first-order valence-electron chi connectivity index (χ1n) is 5.00. The van der Waals surface area contributed by atoms with Gasteiger partial charge in [0.1, 0.15) is 5.60 Å². The van der Waals surface area contributed by atoms with Crippen molar-refractivity contribution in [1.82, 2.24) is 0 Å². The minimum absolute atomic E-state index is 0.274. The van der Waals surface area contributed by atoms with Gasteiger partial charge in [0.15, 0.2) is 0 Å². The monoisotopic (exact) mass is 241 g/mol. The van der Waals surface area contributed by atoms with Crippen molar-refractivity contribution in [1.29, 1.82) is 0 Å². The summed E-state index contributed by atoms with van der Waals surface area (Å²) in [7, 11) is 0. The van der Waals surface area contributed by atoms with Crippen molar-refractivity contribution in [2.24, 2.45) is 0 Å². The highest BCUT2D eigenvalue weighted by Crippen LogP contribution is 2.27. The summed E-state index contributed by atoms with van der Waals surface area (Å²) in [4.78, 5) is 11.9. The third kappa shape index (κ3) is 2.89. The average molecular weight is 242 g/mol. The Morgan fingerprint density at radius 3 is 2.44 bits per heavy atom. The molecule has 0 amide bonds. The zero-order chi connectivity index (χ0) is 12.5. The molecule has 0 fully saturated rings. The highest BCUT2D eigenvalue weighted by atomic mass is 35.5. The van der Waals surface area contributed by atoms with Gasteiger partial charge in [0.25, 0.3) is 0 Å². The standard InChI is InChI=1S/C12H16ClNO2/c1-7-5-6-8(13)10(14)9(7)11(15)16-12(2,3)4/h5-6H,14H2,1-4H3. The molecule has 1 aromatic carbocycles. The Morgan fingerprint density at radius 1 is 1.38 bits per heavy atom. The van der Waals surface area contributed by atoms with Crippen molar-refractivity contribution in [3.63, 3.8) is 0 Å². The van der Waals surface area contributed by atoms with Gasteiger partial charge in [-0.1, -0.05) is 17.7 Å². The van der Waals surface area contributed by atoms with Gasteiger partial charge < -0.3 is 10.5 Å². The van der Waals surface area contributed by atoms with Crippen LogP contribution < -0.4 is 5.73 Å². The molecule has 88 valence electrons. The molecule has 0 saturated heterocycles. The molecular weight excluding hydrogens is 226 g/mol. The average Bonchev–Trinajstić information content (AvgIpc) is 2.09. The molecule has 1 aromatic rings. The van der Waals surface area contributed by atoms with Gasteiger partial charge in [0.05, 0.1) is 16.3 Å². The van der Waals surface area contributed by atoms with Crippen LogP contribution in [0.5, 0.6) is 0 Å².